The average Bonchev–Trinajstić information content (AvgIpc) is 2.54. The number of carbonyl (C=O) groups excluding carboxylic acids is 2. The summed E-state index contributed by atoms with van der Waals surface area (Å²) in [5.41, 5.74) is 4.96. The average molecular weight is 355 g/mol. The quantitative estimate of drug-likeness (QED) is 0.810. The minimum absolute atomic E-state index is 0.0226. The number of halogens is 3. The molecule has 0 aliphatic rings. The smallest absolute Gasteiger partial charge is 0.276 e. The molecule has 0 aromatic heterocycles. The van der Waals surface area contributed by atoms with Gasteiger partial charge in [-0.05, 0) is 35.9 Å². The standard InChI is InChI=1S/C16H13ClF2N2O3/c17-13-8-12(19)5-6-14(13)24-9-16(23)21-20-15(22)7-10-1-3-11(18)4-2-10/h1-6,8H,7,9H2,(H,20,22)(H,21,23). The highest BCUT2D eigenvalue weighted by Crippen LogP contribution is 2.24. The van der Waals surface area contributed by atoms with Gasteiger partial charge in [-0.25, -0.2) is 8.78 Å². The number of carbonyl (C=O) groups is 2. The van der Waals surface area contributed by atoms with Gasteiger partial charge in [-0.2, -0.15) is 0 Å². The number of ether oxygens (including phenoxy) is 1. The Bertz CT molecular complexity index is 739. The molecule has 0 saturated heterocycles. The van der Waals surface area contributed by atoms with Gasteiger partial charge in [-0.15, -0.1) is 0 Å². The summed E-state index contributed by atoms with van der Waals surface area (Å²) in [6.07, 6.45) is -0.0226. The predicted molar refractivity (Wildman–Crippen MR) is 83.3 cm³/mol. The van der Waals surface area contributed by atoms with Crippen LogP contribution in [0.5, 0.6) is 5.75 Å². The van der Waals surface area contributed by atoms with Gasteiger partial charge < -0.3 is 4.74 Å². The number of rotatable bonds is 5. The van der Waals surface area contributed by atoms with Crippen molar-refractivity contribution >= 4 is 23.4 Å². The lowest BCUT2D eigenvalue weighted by atomic mass is 10.1. The van der Waals surface area contributed by atoms with Crippen LogP contribution >= 0.6 is 11.6 Å². The highest BCUT2D eigenvalue weighted by Gasteiger charge is 2.09. The van der Waals surface area contributed by atoms with Crippen molar-refractivity contribution in [2.24, 2.45) is 0 Å². The molecule has 0 aliphatic carbocycles. The Labute approximate surface area is 141 Å². The van der Waals surface area contributed by atoms with Crippen LogP contribution in [-0.4, -0.2) is 18.4 Å². The largest absolute Gasteiger partial charge is 0.482 e. The highest BCUT2D eigenvalue weighted by molar-refractivity contribution is 6.32. The van der Waals surface area contributed by atoms with Crippen molar-refractivity contribution in [3.8, 4) is 5.75 Å². The minimum atomic E-state index is -0.622. The second-order valence-electron chi connectivity index (χ2n) is 4.76. The third-order valence-corrected chi connectivity index (χ3v) is 3.17. The highest BCUT2D eigenvalue weighted by atomic mass is 35.5. The molecule has 2 aromatic carbocycles. The molecule has 0 unspecified atom stereocenters. The summed E-state index contributed by atoms with van der Waals surface area (Å²) in [5, 5.41) is 0.0307. The van der Waals surface area contributed by atoms with E-state index in [-0.39, 0.29) is 17.2 Å². The van der Waals surface area contributed by atoms with Gasteiger partial charge >= 0.3 is 0 Å². The van der Waals surface area contributed by atoms with Crippen LogP contribution in [0.15, 0.2) is 42.5 Å². The first-order valence-electron chi connectivity index (χ1n) is 6.84. The molecule has 5 nitrogen and oxygen atoms in total. The Morgan fingerprint density at radius 3 is 2.25 bits per heavy atom. The maximum atomic E-state index is 12.9. The van der Waals surface area contributed by atoms with E-state index in [1.165, 1.54) is 30.3 Å². The molecule has 24 heavy (non-hydrogen) atoms. The molecule has 2 N–H and O–H groups in total. The summed E-state index contributed by atoms with van der Waals surface area (Å²) in [5.74, 6) is -1.88. The number of amides is 2. The number of hydrogen-bond donors (Lipinski definition) is 2. The van der Waals surface area contributed by atoms with E-state index >= 15 is 0 Å². The zero-order chi connectivity index (χ0) is 17.5. The van der Waals surface area contributed by atoms with Crippen LogP contribution in [0.1, 0.15) is 5.56 Å². The van der Waals surface area contributed by atoms with Crippen LogP contribution in [0.2, 0.25) is 5.02 Å². The second kappa shape index (κ2) is 8.26. The fraction of sp³-hybridized carbons (Fsp3) is 0.125. The minimum Gasteiger partial charge on any atom is -0.482 e. The van der Waals surface area contributed by atoms with Crippen molar-refractivity contribution < 1.29 is 23.1 Å². The third kappa shape index (κ3) is 5.51. The van der Waals surface area contributed by atoms with E-state index < -0.39 is 30.1 Å². The van der Waals surface area contributed by atoms with E-state index in [4.69, 9.17) is 16.3 Å². The van der Waals surface area contributed by atoms with E-state index in [9.17, 15) is 18.4 Å². The van der Waals surface area contributed by atoms with E-state index in [2.05, 4.69) is 10.9 Å². The fourth-order valence-corrected chi connectivity index (χ4v) is 1.96. The van der Waals surface area contributed by atoms with Crippen LogP contribution in [0.4, 0.5) is 8.78 Å². The van der Waals surface area contributed by atoms with E-state index in [0.717, 1.165) is 12.1 Å². The Hall–Kier alpha value is -2.67. The summed E-state index contributed by atoms with van der Waals surface area (Å²) in [6.45, 7) is -0.415. The van der Waals surface area contributed by atoms with Crippen molar-refractivity contribution in [2.45, 2.75) is 6.42 Å². The first kappa shape index (κ1) is 17.7. The van der Waals surface area contributed by atoms with Crippen molar-refractivity contribution in [3.05, 3.63) is 64.7 Å². The first-order valence-corrected chi connectivity index (χ1v) is 7.22. The van der Waals surface area contributed by atoms with Gasteiger partial charge in [-0.1, -0.05) is 23.7 Å². The zero-order valence-electron chi connectivity index (χ0n) is 12.3. The third-order valence-electron chi connectivity index (χ3n) is 2.87. The Kier molecular flexibility index (Phi) is 6.08. The summed E-state index contributed by atoms with van der Waals surface area (Å²) in [4.78, 5) is 23.2. The van der Waals surface area contributed by atoms with Crippen LogP contribution in [-0.2, 0) is 16.0 Å². The molecule has 126 valence electrons. The lowest BCUT2D eigenvalue weighted by Crippen LogP contribution is -2.44. The van der Waals surface area contributed by atoms with Crippen molar-refractivity contribution in [1.29, 1.82) is 0 Å². The SMILES string of the molecule is O=C(COc1ccc(F)cc1Cl)NNC(=O)Cc1ccc(F)cc1. The predicted octanol–water partition coefficient (Wildman–Crippen LogP) is 2.39. The van der Waals surface area contributed by atoms with Gasteiger partial charge in [0.1, 0.15) is 17.4 Å². The van der Waals surface area contributed by atoms with Gasteiger partial charge in [0.25, 0.3) is 5.91 Å². The van der Waals surface area contributed by atoms with Crippen molar-refractivity contribution in [3.63, 3.8) is 0 Å². The zero-order valence-corrected chi connectivity index (χ0v) is 13.1. The fourth-order valence-electron chi connectivity index (χ4n) is 1.74. The van der Waals surface area contributed by atoms with E-state index in [1.54, 1.807) is 0 Å². The molecule has 0 heterocycles. The molecule has 0 atom stereocenters. The molecular weight excluding hydrogens is 342 g/mol. The molecule has 2 rings (SSSR count). The molecule has 2 aromatic rings. The van der Waals surface area contributed by atoms with E-state index in [0.29, 0.717) is 5.56 Å². The molecule has 0 saturated carbocycles. The Morgan fingerprint density at radius 1 is 0.958 bits per heavy atom. The maximum Gasteiger partial charge on any atom is 0.276 e. The summed E-state index contributed by atoms with van der Waals surface area (Å²) >= 11 is 5.75. The van der Waals surface area contributed by atoms with Crippen molar-refractivity contribution in [2.75, 3.05) is 6.61 Å². The molecule has 0 fully saturated rings. The number of nitrogens with one attached hydrogen (secondary N) is 2. The Balaban J connectivity index is 1.74. The van der Waals surface area contributed by atoms with E-state index in [1.807, 2.05) is 0 Å². The molecule has 0 aliphatic heterocycles. The number of benzene rings is 2. The lowest BCUT2D eigenvalue weighted by Gasteiger charge is -2.10. The van der Waals surface area contributed by atoms with Gasteiger partial charge in [0.2, 0.25) is 5.91 Å². The van der Waals surface area contributed by atoms with Gasteiger partial charge in [-0.3, -0.25) is 20.4 Å². The summed E-state index contributed by atoms with van der Waals surface area (Å²) in [7, 11) is 0. The summed E-state index contributed by atoms with van der Waals surface area (Å²) < 4.78 is 30.7. The van der Waals surface area contributed by atoms with Crippen LogP contribution in [0.25, 0.3) is 0 Å². The first-order chi connectivity index (χ1) is 11.4. The monoisotopic (exact) mass is 354 g/mol. The number of hydrogen-bond acceptors (Lipinski definition) is 3. The molecule has 0 spiro atoms. The maximum absolute atomic E-state index is 12.9. The van der Waals surface area contributed by atoms with Gasteiger partial charge in [0.05, 0.1) is 11.4 Å². The topological polar surface area (TPSA) is 67.4 Å². The van der Waals surface area contributed by atoms with Gasteiger partial charge in [0.15, 0.2) is 6.61 Å². The molecule has 0 bridgehead atoms. The van der Waals surface area contributed by atoms with Crippen LogP contribution in [0.3, 0.4) is 0 Å². The summed E-state index contributed by atoms with van der Waals surface area (Å²) in [6, 6.07) is 8.90. The Morgan fingerprint density at radius 2 is 1.58 bits per heavy atom. The lowest BCUT2D eigenvalue weighted by molar-refractivity contribution is -0.129. The number of hydrazine groups is 1. The second-order valence-corrected chi connectivity index (χ2v) is 5.17. The molecule has 0 radical (unpaired) electrons. The van der Waals surface area contributed by atoms with Crippen LogP contribution in [0, 0.1) is 11.6 Å². The molecular formula is C16H13ClF2N2O3. The van der Waals surface area contributed by atoms with Crippen LogP contribution < -0.4 is 15.6 Å². The van der Waals surface area contributed by atoms with Crippen molar-refractivity contribution in [1.82, 2.24) is 10.9 Å². The molecule has 2 amide bonds. The van der Waals surface area contributed by atoms with Gasteiger partial charge in [0, 0.05) is 0 Å². The normalized spacial score (nSPS) is 10.1. The molecule has 8 heteroatoms.